The molecular formula is C20H19N3OS2. The van der Waals surface area contributed by atoms with Crippen molar-refractivity contribution in [2.24, 2.45) is 4.99 Å². The fourth-order valence-electron chi connectivity index (χ4n) is 2.84. The van der Waals surface area contributed by atoms with Crippen LogP contribution < -0.4 is 4.80 Å². The van der Waals surface area contributed by atoms with Crippen molar-refractivity contribution in [2.45, 2.75) is 20.4 Å². The van der Waals surface area contributed by atoms with Crippen LogP contribution in [-0.4, -0.2) is 22.5 Å². The molecule has 0 unspecified atom stereocenters. The Morgan fingerprint density at radius 2 is 2.00 bits per heavy atom. The molecule has 2 aromatic carbocycles. The number of aromatic nitrogens is 1. The Morgan fingerprint density at radius 1 is 1.27 bits per heavy atom. The number of thioether (sulfide) groups is 1. The number of amides is 1. The van der Waals surface area contributed by atoms with Gasteiger partial charge in [0.25, 0.3) is 5.91 Å². The molecule has 1 amide bonds. The molecule has 0 saturated heterocycles. The highest BCUT2D eigenvalue weighted by Crippen LogP contribution is 2.23. The van der Waals surface area contributed by atoms with E-state index in [0.29, 0.717) is 11.1 Å². The maximum absolute atomic E-state index is 12.6. The number of nitrogens with zero attached hydrogens (tertiary/aromatic N) is 3. The van der Waals surface area contributed by atoms with Crippen LogP contribution in [0.4, 0.5) is 0 Å². The first-order valence-electron chi connectivity index (χ1n) is 8.22. The average Bonchev–Trinajstić information content (AvgIpc) is 2.97. The van der Waals surface area contributed by atoms with E-state index in [-0.39, 0.29) is 5.91 Å². The summed E-state index contributed by atoms with van der Waals surface area (Å²) in [6.45, 7) is 4.99. The van der Waals surface area contributed by atoms with Gasteiger partial charge in [-0.05, 0) is 61.6 Å². The summed E-state index contributed by atoms with van der Waals surface area (Å²) in [5.74, 6) is 0.671. The molecule has 0 bridgehead atoms. The van der Waals surface area contributed by atoms with Gasteiger partial charge in [0.05, 0.1) is 21.8 Å². The molecule has 4 nitrogen and oxygen atoms in total. The Bertz CT molecular complexity index is 1070. The zero-order chi connectivity index (χ0) is 18.7. The fourth-order valence-corrected chi connectivity index (χ4v) is 4.30. The highest BCUT2D eigenvalue weighted by Gasteiger charge is 2.11. The molecule has 3 rings (SSSR count). The van der Waals surface area contributed by atoms with Crippen LogP contribution in [0.2, 0.25) is 0 Å². The van der Waals surface area contributed by atoms with Gasteiger partial charge in [-0.1, -0.05) is 17.4 Å². The SMILES string of the molecule is CSCCn1c(=NC(=O)c2ccc(C#N)cc2)sc2c(C)cc(C)cc21. The summed E-state index contributed by atoms with van der Waals surface area (Å²) < 4.78 is 3.31. The summed E-state index contributed by atoms with van der Waals surface area (Å²) >= 11 is 3.33. The number of carbonyl (C=O) groups excluding carboxylic acids is 1. The molecule has 0 radical (unpaired) electrons. The van der Waals surface area contributed by atoms with Crippen molar-refractivity contribution >= 4 is 39.2 Å². The van der Waals surface area contributed by atoms with Crippen molar-refractivity contribution in [3.8, 4) is 6.07 Å². The van der Waals surface area contributed by atoms with Gasteiger partial charge in [0, 0.05) is 17.9 Å². The third kappa shape index (κ3) is 3.74. The van der Waals surface area contributed by atoms with Gasteiger partial charge < -0.3 is 4.57 Å². The van der Waals surface area contributed by atoms with Gasteiger partial charge in [0.2, 0.25) is 0 Å². The minimum atomic E-state index is -0.284. The summed E-state index contributed by atoms with van der Waals surface area (Å²) in [6.07, 6.45) is 2.07. The van der Waals surface area contributed by atoms with Gasteiger partial charge in [-0.3, -0.25) is 4.79 Å². The van der Waals surface area contributed by atoms with E-state index in [1.807, 2.05) is 0 Å². The predicted molar refractivity (Wildman–Crippen MR) is 109 cm³/mol. The second-order valence-electron chi connectivity index (χ2n) is 6.07. The summed E-state index contributed by atoms with van der Waals surface area (Å²) in [6, 6.07) is 13.0. The first-order chi connectivity index (χ1) is 12.5. The molecule has 132 valence electrons. The molecule has 0 atom stereocenters. The number of hydrogen-bond acceptors (Lipinski definition) is 4. The van der Waals surface area contributed by atoms with Crippen molar-refractivity contribution in [1.82, 2.24) is 4.57 Å². The van der Waals surface area contributed by atoms with Crippen LogP contribution in [0.1, 0.15) is 27.0 Å². The van der Waals surface area contributed by atoms with E-state index in [1.165, 1.54) is 15.8 Å². The van der Waals surface area contributed by atoms with Gasteiger partial charge in [0.1, 0.15) is 0 Å². The van der Waals surface area contributed by atoms with E-state index in [9.17, 15) is 4.79 Å². The van der Waals surface area contributed by atoms with Crippen molar-refractivity contribution in [2.75, 3.05) is 12.0 Å². The molecule has 0 saturated carbocycles. The van der Waals surface area contributed by atoms with Crippen molar-refractivity contribution in [3.63, 3.8) is 0 Å². The molecule has 0 aliphatic carbocycles. The lowest BCUT2D eigenvalue weighted by Gasteiger charge is -2.05. The smallest absolute Gasteiger partial charge is 0.279 e. The lowest BCUT2D eigenvalue weighted by atomic mass is 10.1. The van der Waals surface area contributed by atoms with E-state index < -0.39 is 0 Å². The Labute approximate surface area is 160 Å². The van der Waals surface area contributed by atoms with Crippen LogP contribution in [0.15, 0.2) is 41.4 Å². The van der Waals surface area contributed by atoms with Crippen molar-refractivity contribution in [3.05, 3.63) is 63.5 Å². The molecule has 6 heteroatoms. The standard InChI is InChI=1S/C20H19N3OS2/c1-13-10-14(2)18-17(11-13)23(8-9-25-3)20(26-18)22-19(24)16-6-4-15(12-21)5-7-16/h4-7,10-11H,8-9H2,1-3H3. The highest BCUT2D eigenvalue weighted by atomic mass is 32.2. The van der Waals surface area contributed by atoms with E-state index in [4.69, 9.17) is 5.26 Å². The number of nitriles is 1. The third-order valence-electron chi connectivity index (χ3n) is 4.09. The van der Waals surface area contributed by atoms with Gasteiger partial charge in [-0.15, -0.1) is 0 Å². The van der Waals surface area contributed by atoms with Crippen molar-refractivity contribution in [1.29, 1.82) is 5.26 Å². The monoisotopic (exact) mass is 381 g/mol. The number of fused-ring (bicyclic) bond motifs is 1. The van der Waals surface area contributed by atoms with Gasteiger partial charge in [-0.2, -0.15) is 22.0 Å². The molecular weight excluding hydrogens is 362 g/mol. The minimum Gasteiger partial charge on any atom is -0.315 e. The summed E-state index contributed by atoms with van der Waals surface area (Å²) in [7, 11) is 0. The highest BCUT2D eigenvalue weighted by molar-refractivity contribution is 7.98. The molecule has 0 aliphatic heterocycles. The van der Waals surface area contributed by atoms with Crippen LogP contribution in [0.3, 0.4) is 0 Å². The van der Waals surface area contributed by atoms with Gasteiger partial charge >= 0.3 is 0 Å². The van der Waals surface area contributed by atoms with E-state index in [2.05, 4.69) is 47.9 Å². The molecule has 1 aromatic heterocycles. The van der Waals surface area contributed by atoms with Gasteiger partial charge in [0.15, 0.2) is 4.80 Å². The molecule has 0 N–H and O–H groups in total. The number of benzene rings is 2. The summed E-state index contributed by atoms with van der Waals surface area (Å²) in [4.78, 5) is 17.7. The maximum atomic E-state index is 12.6. The number of rotatable bonds is 4. The van der Waals surface area contributed by atoms with E-state index >= 15 is 0 Å². The summed E-state index contributed by atoms with van der Waals surface area (Å²) in [5.41, 5.74) is 4.56. The Kier molecular flexibility index (Phi) is 5.60. The largest absolute Gasteiger partial charge is 0.315 e. The van der Waals surface area contributed by atoms with Crippen LogP contribution in [-0.2, 0) is 6.54 Å². The van der Waals surface area contributed by atoms with Crippen LogP contribution in [0.25, 0.3) is 10.2 Å². The first kappa shape index (κ1) is 18.4. The number of hydrogen-bond donors (Lipinski definition) is 0. The average molecular weight is 382 g/mol. The Morgan fingerprint density at radius 3 is 2.65 bits per heavy atom. The zero-order valence-corrected chi connectivity index (χ0v) is 16.6. The summed E-state index contributed by atoms with van der Waals surface area (Å²) in [5, 5.41) is 8.89. The van der Waals surface area contributed by atoms with E-state index in [1.54, 1.807) is 47.4 Å². The van der Waals surface area contributed by atoms with Crippen LogP contribution in [0, 0.1) is 25.2 Å². The quantitative estimate of drug-likeness (QED) is 0.677. The van der Waals surface area contributed by atoms with Crippen LogP contribution >= 0.6 is 23.1 Å². The maximum Gasteiger partial charge on any atom is 0.279 e. The van der Waals surface area contributed by atoms with E-state index in [0.717, 1.165) is 22.6 Å². The number of thiazole rings is 1. The first-order valence-corrected chi connectivity index (χ1v) is 10.4. The minimum absolute atomic E-state index is 0.284. The predicted octanol–water partition coefficient (Wildman–Crippen LogP) is 4.30. The third-order valence-corrected chi connectivity index (χ3v) is 5.91. The number of carbonyl (C=O) groups is 1. The lowest BCUT2D eigenvalue weighted by molar-refractivity contribution is 0.0998. The second-order valence-corrected chi connectivity index (χ2v) is 8.03. The zero-order valence-electron chi connectivity index (χ0n) is 14.9. The Balaban J connectivity index is 2.12. The molecule has 1 heterocycles. The normalized spacial score (nSPS) is 11.7. The van der Waals surface area contributed by atoms with Crippen LogP contribution in [0.5, 0.6) is 0 Å². The molecule has 3 aromatic rings. The molecule has 0 fully saturated rings. The topological polar surface area (TPSA) is 58.1 Å². The van der Waals surface area contributed by atoms with Gasteiger partial charge in [-0.25, -0.2) is 0 Å². The number of aryl methyl sites for hydroxylation is 3. The molecule has 26 heavy (non-hydrogen) atoms. The second kappa shape index (κ2) is 7.90. The molecule has 0 aliphatic rings. The molecule has 0 spiro atoms. The van der Waals surface area contributed by atoms with Crippen molar-refractivity contribution < 1.29 is 4.79 Å². The lowest BCUT2D eigenvalue weighted by Crippen LogP contribution is -2.18. The Hall–Kier alpha value is -2.36. The fraction of sp³-hybridized carbons (Fsp3) is 0.250.